The third-order valence-corrected chi connectivity index (χ3v) is 16.5. The molecular weight excluding hydrogens is 1020 g/mol. The van der Waals surface area contributed by atoms with Crippen molar-refractivity contribution >= 4 is 17.9 Å². The van der Waals surface area contributed by atoms with Crippen LogP contribution in [0.1, 0.15) is 393 Å². The molecule has 484 valence electrons. The van der Waals surface area contributed by atoms with E-state index in [0.29, 0.717) is 19.3 Å². The Morgan fingerprint density at radius 3 is 0.699 bits per heavy atom. The number of hydrogen-bond donors (Lipinski definition) is 0. The number of hydrogen-bond acceptors (Lipinski definition) is 6. The highest BCUT2D eigenvalue weighted by Gasteiger charge is 2.19. The second-order valence-electron chi connectivity index (χ2n) is 24.8. The molecule has 0 fully saturated rings. The van der Waals surface area contributed by atoms with Gasteiger partial charge in [-0.2, -0.15) is 0 Å². The lowest BCUT2D eigenvalue weighted by Crippen LogP contribution is -2.30. The highest BCUT2D eigenvalue weighted by molar-refractivity contribution is 5.71. The number of carbonyl (C=O) groups is 3. The van der Waals surface area contributed by atoms with E-state index in [0.717, 1.165) is 83.5 Å². The summed E-state index contributed by atoms with van der Waals surface area (Å²) in [5.74, 6) is -0.867. The molecule has 0 aliphatic carbocycles. The Labute approximate surface area is 517 Å². The van der Waals surface area contributed by atoms with Gasteiger partial charge in [0.05, 0.1) is 0 Å². The maximum absolute atomic E-state index is 13.0. The van der Waals surface area contributed by atoms with Crippen LogP contribution in [0.4, 0.5) is 0 Å². The minimum Gasteiger partial charge on any atom is -0.462 e. The quantitative estimate of drug-likeness (QED) is 0.0261. The first-order valence-electron chi connectivity index (χ1n) is 36.8. The van der Waals surface area contributed by atoms with Crippen molar-refractivity contribution in [2.45, 2.75) is 399 Å². The van der Waals surface area contributed by atoms with Crippen LogP contribution in [-0.2, 0) is 28.6 Å². The van der Waals surface area contributed by atoms with Gasteiger partial charge < -0.3 is 14.2 Å². The molecule has 0 N–H and O–H groups in total. The van der Waals surface area contributed by atoms with Crippen LogP contribution in [0.15, 0.2) is 60.8 Å². The fourth-order valence-electron chi connectivity index (χ4n) is 10.9. The maximum atomic E-state index is 13.0. The third-order valence-electron chi connectivity index (χ3n) is 16.5. The van der Waals surface area contributed by atoms with Gasteiger partial charge in [-0.1, -0.05) is 326 Å². The van der Waals surface area contributed by atoms with Crippen molar-refractivity contribution < 1.29 is 28.6 Å². The summed E-state index contributed by atoms with van der Waals surface area (Å²) in [7, 11) is 0. The van der Waals surface area contributed by atoms with E-state index in [4.69, 9.17) is 14.2 Å². The SMILES string of the molecule is CCCCC/C=C\C/C=C\CCCCCCCC(=O)OCC(COC(=O)CCCCCCCCCCCCCCCCCCCCC/C=C\C/C=C\CCCCCCC)OC(=O)CCCCCCCCCCC/C=C\CCCCCCCC. The standard InChI is InChI=1S/C77H140O6/c1-4-7-10-13-16-19-22-25-28-30-32-33-34-35-36-37-38-39-40-41-42-43-45-46-49-52-55-58-61-64-67-70-76(79)82-73-74(72-81-75(78)69-66-63-60-57-54-51-48-27-24-21-18-15-12-9-6-3)83-77(80)71-68-65-62-59-56-53-50-47-44-31-29-26-23-20-17-14-11-8-5-2/h18,21-22,25-27,29-30,32,48,74H,4-17,19-20,23-24,28,31,33-47,49-73H2,1-3H3/b21-18-,25-22-,29-26-,32-30-,48-27-. The number of esters is 3. The minimum atomic E-state index is -0.781. The molecule has 0 bridgehead atoms. The number of allylic oxidation sites excluding steroid dienone is 10. The van der Waals surface area contributed by atoms with E-state index in [1.54, 1.807) is 0 Å². The van der Waals surface area contributed by atoms with Crippen LogP contribution in [-0.4, -0.2) is 37.2 Å². The van der Waals surface area contributed by atoms with Crippen LogP contribution >= 0.6 is 0 Å². The summed E-state index contributed by atoms with van der Waals surface area (Å²) in [5, 5.41) is 0. The van der Waals surface area contributed by atoms with Crippen molar-refractivity contribution in [1.29, 1.82) is 0 Å². The first-order chi connectivity index (χ1) is 41.0. The fourth-order valence-corrected chi connectivity index (χ4v) is 10.9. The molecule has 0 aliphatic heterocycles. The minimum absolute atomic E-state index is 0.0756. The molecule has 0 rings (SSSR count). The van der Waals surface area contributed by atoms with Gasteiger partial charge in [-0.05, 0) is 109 Å². The number of unbranched alkanes of at least 4 members (excludes halogenated alkanes) is 47. The predicted molar refractivity (Wildman–Crippen MR) is 362 cm³/mol. The van der Waals surface area contributed by atoms with Gasteiger partial charge in [0.2, 0.25) is 0 Å². The molecule has 83 heavy (non-hydrogen) atoms. The second kappa shape index (κ2) is 71.6. The van der Waals surface area contributed by atoms with E-state index < -0.39 is 6.10 Å². The molecule has 0 saturated heterocycles. The van der Waals surface area contributed by atoms with Gasteiger partial charge in [-0.15, -0.1) is 0 Å². The van der Waals surface area contributed by atoms with Crippen molar-refractivity contribution in [3.8, 4) is 0 Å². The van der Waals surface area contributed by atoms with Crippen LogP contribution in [0.3, 0.4) is 0 Å². The summed E-state index contributed by atoms with van der Waals surface area (Å²) in [6, 6.07) is 0. The zero-order valence-corrected chi connectivity index (χ0v) is 55.7. The molecule has 6 heteroatoms. The first-order valence-corrected chi connectivity index (χ1v) is 36.8. The average Bonchev–Trinajstić information content (AvgIpc) is 3.50. The lowest BCUT2D eigenvalue weighted by molar-refractivity contribution is -0.167. The van der Waals surface area contributed by atoms with Crippen molar-refractivity contribution in [2.75, 3.05) is 13.2 Å². The van der Waals surface area contributed by atoms with E-state index in [-0.39, 0.29) is 31.1 Å². The number of ether oxygens (including phenoxy) is 3. The van der Waals surface area contributed by atoms with Crippen molar-refractivity contribution in [1.82, 2.24) is 0 Å². The van der Waals surface area contributed by atoms with Gasteiger partial charge in [0, 0.05) is 19.3 Å². The van der Waals surface area contributed by atoms with E-state index in [1.807, 2.05) is 0 Å². The summed E-state index contributed by atoms with van der Waals surface area (Å²) >= 11 is 0. The topological polar surface area (TPSA) is 78.9 Å². The lowest BCUT2D eigenvalue weighted by atomic mass is 10.0. The average molecular weight is 1160 g/mol. The summed E-state index contributed by atoms with van der Waals surface area (Å²) in [4.78, 5) is 38.5. The normalized spacial score (nSPS) is 12.4. The molecule has 0 heterocycles. The summed E-state index contributed by atoms with van der Waals surface area (Å²) in [6.07, 6.45) is 92.6. The molecule has 0 aromatic rings. The molecule has 0 aromatic carbocycles. The van der Waals surface area contributed by atoms with Gasteiger partial charge in [0.15, 0.2) is 6.10 Å². The molecule has 6 nitrogen and oxygen atoms in total. The Kier molecular flexibility index (Phi) is 69.1. The molecule has 1 unspecified atom stereocenters. The Morgan fingerprint density at radius 1 is 0.241 bits per heavy atom. The lowest BCUT2D eigenvalue weighted by Gasteiger charge is -2.18. The van der Waals surface area contributed by atoms with Crippen LogP contribution in [0.25, 0.3) is 0 Å². The van der Waals surface area contributed by atoms with Gasteiger partial charge in [-0.3, -0.25) is 14.4 Å². The first kappa shape index (κ1) is 80.1. The van der Waals surface area contributed by atoms with Crippen molar-refractivity contribution in [2.24, 2.45) is 0 Å². The number of rotatable bonds is 68. The molecule has 0 radical (unpaired) electrons. The molecule has 0 spiro atoms. The highest BCUT2D eigenvalue weighted by atomic mass is 16.6. The van der Waals surface area contributed by atoms with Crippen LogP contribution in [0, 0.1) is 0 Å². The molecular formula is C77H140O6. The Bertz CT molecular complexity index is 1470. The molecule has 0 aromatic heterocycles. The van der Waals surface area contributed by atoms with Crippen molar-refractivity contribution in [3.63, 3.8) is 0 Å². The number of carbonyl (C=O) groups excluding carboxylic acids is 3. The molecule has 0 saturated carbocycles. The third kappa shape index (κ3) is 69.8. The van der Waals surface area contributed by atoms with E-state index >= 15 is 0 Å². The Morgan fingerprint density at radius 2 is 0.434 bits per heavy atom. The Balaban J connectivity index is 4.21. The van der Waals surface area contributed by atoms with Crippen LogP contribution < -0.4 is 0 Å². The monoisotopic (exact) mass is 1160 g/mol. The summed E-state index contributed by atoms with van der Waals surface area (Å²) in [5.41, 5.74) is 0. The predicted octanol–water partition coefficient (Wildman–Crippen LogP) is 25.5. The zero-order chi connectivity index (χ0) is 59.9. The van der Waals surface area contributed by atoms with Crippen molar-refractivity contribution in [3.05, 3.63) is 60.8 Å². The maximum Gasteiger partial charge on any atom is 0.306 e. The smallest absolute Gasteiger partial charge is 0.306 e. The molecule has 0 amide bonds. The molecule has 1 atom stereocenters. The van der Waals surface area contributed by atoms with E-state index in [9.17, 15) is 14.4 Å². The van der Waals surface area contributed by atoms with Gasteiger partial charge in [-0.25, -0.2) is 0 Å². The van der Waals surface area contributed by atoms with Crippen LogP contribution in [0.2, 0.25) is 0 Å². The van der Waals surface area contributed by atoms with E-state index in [2.05, 4.69) is 81.5 Å². The highest BCUT2D eigenvalue weighted by Crippen LogP contribution is 2.18. The van der Waals surface area contributed by atoms with Gasteiger partial charge >= 0.3 is 17.9 Å². The second-order valence-corrected chi connectivity index (χ2v) is 24.8. The fraction of sp³-hybridized carbons (Fsp3) is 0.831. The zero-order valence-electron chi connectivity index (χ0n) is 55.7. The van der Waals surface area contributed by atoms with Gasteiger partial charge in [0.25, 0.3) is 0 Å². The Hall–Kier alpha value is -2.89. The largest absolute Gasteiger partial charge is 0.462 e. The summed E-state index contributed by atoms with van der Waals surface area (Å²) < 4.78 is 17.0. The van der Waals surface area contributed by atoms with Crippen LogP contribution in [0.5, 0.6) is 0 Å². The summed E-state index contributed by atoms with van der Waals surface area (Å²) in [6.45, 7) is 6.65. The van der Waals surface area contributed by atoms with E-state index in [1.165, 1.54) is 270 Å². The van der Waals surface area contributed by atoms with Gasteiger partial charge in [0.1, 0.15) is 13.2 Å². The molecule has 0 aliphatic rings.